The van der Waals surface area contributed by atoms with Crippen LogP contribution in [0.2, 0.25) is 5.02 Å². The molecule has 10 atom stereocenters. The number of nitrogens with two attached hydrogens (primary N) is 4. The summed E-state index contributed by atoms with van der Waals surface area (Å²) in [5, 5.41) is 64.4. The van der Waals surface area contributed by atoms with Crippen molar-refractivity contribution in [2.45, 2.75) is 173 Å². The fraction of sp³-hybridized carbons (Fsp3) is 0.432. The van der Waals surface area contributed by atoms with Crippen LogP contribution in [0.4, 0.5) is 4.79 Å². The van der Waals surface area contributed by atoms with Gasteiger partial charge in [0.1, 0.15) is 66.2 Å². The summed E-state index contributed by atoms with van der Waals surface area (Å²) in [6, 6.07) is 13.5. The zero-order valence-corrected chi connectivity index (χ0v) is 62.7. The largest absolute Gasteiger partial charge is 0.508 e. The normalized spacial score (nSPS) is 14.6. The number of rotatable bonds is 38. The topological polar surface area (TPSA) is 573 Å². The van der Waals surface area contributed by atoms with Gasteiger partial charge in [-0.25, -0.2) is 4.79 Å². The van der Waals surface area contributed by atoms with Crippen LogP contribution in [0.3, 0.4) is 0 Å². The van der Waals surface area contributed by atoms with Gasteiger partial charge in [-0.3, -0.25) is 72.3 Å². The van der Waals surface area contributed by atoms with Crippen molar-refractivity contribution in [1.29, 1.82) is 0 Å². The van der Waals surface area contributed by atoms with Crippen LogP contribution in [0.5, 0.6) is 5.75 Å². The van der Waals surface area contributed by atoms with Gasteiger partial charge in [-0.2, -0.15) is 0 Å². The van der Waals surface area contributed by atoms with Crippen LogP contribution in [-0.4, -0.2) is 206 Å². The lowest BCUT2D eigenvalue weighted by atomic mass is 9.99. The number of nitrogens with one attached hydrogen (secondary N) is 10. The molecule has 596 valence electrons. The van der Waals surface area contributed by atoms with Crippen molar-refractivity contribution >= 4 is 111 Å². The first-order chi connectivity index (χ1) is 52.0. The Labute approximate surface area is 640 Å². The number of guanidine groups is 1. The van der Waals surface area contributed by atoms with E-state index in [1.54, 1.807) is 50.2 Å². The third kappa shape index (κ3) is 33.0. The van der Waals surface area contributed by atoms with E-state index in [4.69, 9.17) is 54.3 Å². The molecular weight excluding hydrogens is 1450 g/mol. The number of aromatic hydroxyl groups is 1. The number of urea groups is 1. The first-order valence-electron chi connectivity index (χ1n) is 35.3. The highest BCUT2D eigenvalue weighted by Gasteiger charge is 2.40. The molecule has 0 radical (unpaired) electrons. The standard InChI is InChI=1S/C70H92ClN17O14.2C2H4O2/c1-39(2)31-52(61(94)82-51(15-9-28-77-69(73)74)68(101)88-30-10-16-58(88)67(100)79-40(3)59(72)92)83-60(93)50(14-8-29-78-70(75)102)81-63(96)54(34-43-20-25-49(91)26-21-43)86-66(99)57(38-89)87-65(98)56(36-45-11-7-27-76-37-45)85-64(97)55(33-42-18-23-48(71)24-19-42)84-62(95)53(80-41(4)90)35-44-17-22-46-12-5-6-13-47(46)32-44;2*1-2(3)4/h5-7,11-13,17-27,32,37,39-40,50-58,89,91H,8-10,14-16,28-31,33-36,38H2,1-4H3,(H2,72,92)(H,79,100)(H,80,90)(H,81,96)(H,82,94)(H,83,93)(H,84,95)(H,85,97)(H,86,99)(H,87,98)(H4,73,74,77)(H3,75,78,102);2*1H3,(H,3,4). The maximum atomic E-state index is 14.9. The van der Waals surface area contributed by atoms with Crippen molar-refractivity contribution in [3.63, 3.8) is 0 Å². The lowest BCUT2D eigenvalue weighted by Crippen LogP contribution is -2.61. The zero-order chi connectivity index (χ0) is 81.7. The number of aliphatic hydroxyl groups excluding tert-OH is 1. The molecule has 1 aromatic heterocycles. The highest BCUT2D eigenvalue weighted by atomic mass is 35.5. The lowest BCUT2D eigenvalue weighted by molar-refractivity contribution is -0.142. The number of likely N-dealkylation sites (tertiary alicyclic amines) is 1. The van der Waals surface area contributed by atoms with Crippen LogP contribution < -0.4 is 76.1 Å². The minimum absolute atomic E-state index is 0.000209. The number of aliphatic imine (C=N–C) groups is 1. The van der Waals surface area contributed by atoms with E-state index >= 15 is 0 Å². The number of halogens is 1. The van der Waals surface area contributed by atoms with Crippen molar-refractivity contribution in [2.75, 3.05) is 26.2 Å². The second-order valence-corrected chi connectivity index (χ2v) is 26.8. The smallest absolute Gasteiger partial charge is 0.312 e. The van der Waals surface area contributed by atoms with E-state index in [2.05, 4.69) is 63.1 Å². The first kappa shape index (κ1) is 90.4. The average Bonchev–Trinajstić information content (AvgIpc) is 1.57. The van der Waals surface area contributed by atoms with Crippen LogP contribution in [0.1, 0.15) is 109 Å². The molecule has 110 heavy (non-hydrogen) atoms. The molecule has 4 aromatic carbocycles. The molecule has 13 amide bonds. The number of hydrogen-bond donors (Lipinski definition) is 18. The highest BCUT2D eigenvalue weighted by Crippen LogP contribution is 2.22. The number of aliphatic hydroxyl groups is 1. The van der Waals surface area contributed by atoms with Crippen LogP contribution in [0.25, 0.3) is 10.8 Å². The van der Waals surface area contributed by atoms with E-state index in [1.165, 1.54) is 55.4 Å². The summed E-state index contributed by atoms with van der Waals surface area (Å²) in [6.07, 6.45) is 2.70. The highest BCUT2D eigenvalue weighted by molar-refractivity contribution is 6.30. The molecular formula is C74H100ClN17O18. The number of phenolic OH excluding ortho intramolecular Hbond substituents is 1. The van der Waals surface area contributed by atoms with Crippen molar-refractivity contribution in [3.8, 4) is 5.75 Å². The fourth-order valence-corrected chi connectivity index (χ4v) is 11.5. The molecule has 1 fully saturated rings. The summed E-state index contributed by atoms with van der Waals surface area (Å²) in [5.41, 5.74) is 23.9. The average molecular weight is 1550 g/mol. The SMILES string of the molecule is CC(=O)NC(Cc1ccc2ccccc2c1)C(=O)NC(Cc1ccc(Cl)cc1)C(=O)NC(Cc1cccnc1)C(=O)NC(CO)C(=O)NC(Cc1ccc(O)cc1)C(=O)NC(CCCNC(N)=O)C(=O)NC(CC(C)C)C(=O)NC(CCCN=C(N)N)C(=O)N1CCCC1C(=O)NC(C)C(N)=O.CC(=O)O.CC(=O)O. The van der Waals surface area contributed by atoms with E-state index in [9.17, 15) is 67.7 Å². The Morgan fingerprint density at radius 2 is 1.01 bits per heavy atom. The Morgan fingerprint density at radius 1 is 0.545 bits per heavy atom. The predicted molar refractivity (Wildman–Crippen MR) is 405 cm³/mol. The Bertz CT molecular complexity index is 3980. The number of pyridine rings is 1. The number of primary amides is 2. The number of carboxylic acids is 2. The maximum absolute atomic E-state index is 14.9. The van der Waals surface area contributed by atoms with Crippen LogP contribution in [0.15, 0.2) is 121 Å². The number of amides is 13. The molecule has 35 nitrogen and oxygen atoms in total. The van der Waals surface area contributed by atoms with Gasteiger partial charge in [-0.1, -0.05) is 98.2 Å². The number of carboxylic acid groups (broad SMARTS) is 2. The van der Waals surface area contributed by atoms with Gasteiger partial charge in [0.25, 0.3) is 11.9 Å². The molecule has 22 N–H and O–H groups in total. The molecule has 6 rings (SSSR count). The Kier molecular flexibility index (Phi) is 38.0. The van der Waals surface area contributed by atoms with Crippen LogP contribution in [-0.2, 0) is 88.0 Å². The van der Waals surface area contributed by atoms with Crippen molar-refractivity contribution in [1.82, 2.24) is 63.1 Å². The number of fused-ring (bicyclic) bond motifs is 1. The molecule has 1 aliphatic rings. The minimum atomic E-state index is -1.85. The van der Waals surface area contributed by atoms with Crippen molar-refractivity contribution < 1.29 is 87.5 Å². The summed E-state index contributed by atoms with van der Waals surface area (Å²) in [6.45, 7) is 7.32. The number of aliphatic carboxylic acids is 2. The maximum Gasteiger partial charge on any atom is 0.312 e. The summed E-state index contributed by atoms with van der Waals surface area (Å²) in [7, 11) is 0. The molecule has 0 spiro atoms. The molecule has 1 saturated heterocycles. The number of carbonyl (C=O) groups excluding carboxylic acids is 12. The quantitative estimate of drug-likeness (QED) is 0.0134. The van der Waals surface area contributed by atoms with Gasteiger partial charge in [0.15, 0.2) is 5.96 Å². The fourth-order valence-electron chi connectivity index (χ4n) is 11.4. The monoisotopic (exact) mass is 1550 g/mol. The van der Waals surface area contributed by atoms with Gasteiger partial charge < -0.3 is 101 Å². The van der Waals surface area contributed by atoms with E-state index in [0.717, 1.165) is 24.6 Å². The summed E-state index contributed by atoms with van der Waals surface area (Å²) >= 11 is 6.23. The number of nitrogens with zero attached hydrogens (tertiary/aromatic N) is 3. The number of carbonyl (C=O) groups is 14. The van der Waals surface area contributed by atoms with Crippen molar-refractivity contribution in [2.24, 2.45) is 33.8 Å². The summed E-state index contributed by atoms with van der Waals surface area (Å²) in [4.78, 5) is 194. The molecule has 0 saturated carbocycles. The number of hydrogen-bond acceptors (Lipinski definition) is 18. The molecule has 10 unspecified atom stereocenters. The zero-order valence-electron chi connectivity index (χ0n) is 62.0. The third-order valence-corrected chi connectivity index (χ3v) is 16.9. The summed E-state index contributed by atoms with van der Waals surface area (Å²) < 4.78 is 0. The van der Waals surface area contributed by atoms with Crippen LogP contribution >= 0.6 is 11.6 Å². The van der Waals surface area contributed by atoms with Gasteiger partial charge in [-0.05, 0) is 121 Å². The Morgan fingerprint density at radius 3 is 1.53 bits per heavy atom. The minimum Gasteiger partial charge on any atom is -0.508 e. The second-order valence-electron chi connectivity index (χ2n) is 26.4. The number of benzene rings is 4. The van der Waals surface area contributed by atoms with E-state index in [-0.39, 0.29) is 101 Å². The van der Waals surface area contributed by atoms with E-state index < -0.39 is 150 Å². The van der Waals surface area contributed by atoms with Gasteiger partial charge in [0.2, 0.25) is 65.0 Å². The molecule has 2 heterocycles. The summed E-state index contributed by atoms with van der Waals surface area (Å²) in [5.74, 6) is -11.5. The molecule has 1 aliphatic heterocycles. The molecule has 36 heteroatoms. The lowest BCUT2D eigenvalue weighted by Gasteiger charge is -2.31. The molecule has 0 bridgehead atoms. The molecule has 0 aliphatic carbocycles. The van der Waals surface area contributed by atoms with Gasteiger partial charge in [-0.15, -0.1) is 0 Å². The van der Waals surface area contributed by atoms with Crippen molar-refractivity contribution in [3.05, 3.63) is 143 Å². The first-order valence-corrected chi connectivity index (χ1v) is 35.7. The Hall–Kier alpha value is -12.0. The van der Waals surface area contributed by atoms with Gasteiger partial charge in [0, 0.05) is 83.5 Å². The number of aromatic nitrogens is 1. The van der Waals surface area contributed by atoms with E-state index in [1.807, 2.05) is 42.5 Å². The van der Waals surface area contributed by atoms with Crippen LogP contribution in [0, 0.1) is 5.92 Å². The van der Waals surface area contributed by atoms with Gasteiger partial charge >= 0.3 is 6.03 Å². The number of phenols is 1. The molecule has 5 aromatic rings. The Balaban J connectivity index is 0.00000304. The third-order valence-electron chi connectivity index (χ3n) is 16.7. The van der Waals surface area contributed by atoms with Gasteiger partial charge in [0.05, 0.1) is 6.61 Å². The predicted octanol–water partition coefficient (Wildman–Crippen LogP) is -0.534. The van der Waals surface area contributed by atoms with E-state index in [0.29, 0.717) is 33.7 Å². The second kappa shape index (κ2) is 46.3.